The molecule has 0 amide bonds. The van der Waals surface area contributed by atoms with E-state index >= 15 is 0 Å². The fourth-order valence-electron chi connectivity index (χ4n) is 2.09. The molecule has 0 saturated carbocycles. The second kappa shape index (κ2) is 5.61. The Morgan fingerprint density at radius 2 is 1.71 bits per heavy atom. The zero-order chi connectivity index (χ0) is 15.0. The molecule has 4 nitrogen and oxygen atoms in total. The van der Waals surface area contributed by atoms with E-state index in [1.54, 1.807) is 6.07 Å². The second-order valence-electron chi connectivity index (χ2n) is 4.39. The van der Waals surface area contributed by atoms with Crippen LogP contribution in [-0.4, -0.2) is 16.8 Å². The van der Waals surface area contributed by atoms with Gasteiger partial charge in [0.05, 0.1) is 10.9 Å². The van der Waals surface area contributed by atoms with Gasteiger partial charge in [-0.15, -0.1) is 4.73 Å². The number of nitrogens with zero attached hydrogens (tertiary/aromatic N) is 2. The quantitative estimate of drug-likeness (QED) is 0.648. The molecule has 0 aliphatic rings. The van der Waals surface area contributed by atoms with Gasteiger partial charge >= 0.3 is 0 Å². The molecule has 0 aliphatic carbocycles. The predicted molar refractivity (Wildman–Crippen MR) is 89.3 cm³/mol. The first kappa shape index (κ1) is 14.3. The maximum absolute atomic E-state index is 12.5. The summed E-state index contributed by atoms with van der Waals surface area (Å²) in [5, 5.41) is 0.515. The topological polar surface area (TPSA) is 44.1 Å². The van der Waals surface area contributed by atoms with Crippen LogP contribution in [0.5, 0.6) is 0 Å². The molecular weight excluding hydrogens is 400 g/mol. The van der Waals surface area contributed by atoms with Crippen LogP contribution in [0.3, 0.4) is 0 Å². The molecule has 0 radical (unpaired) electrons. The lowest BCUT2D eigenvalue weighted by Crippen LogP contribution is -2.27. The van der Waals surface area contributed by atoms with Crippen LogP contribution in [0.15, 0.2) is 56.2 Å². The summed E-state index contributed by atoms with van der Waals surface area (Å²) in [6.07, 6.45) is 0. The number of halogens is 2. The number of benzene rings is 2. The zero-order valence-electron chi connectivity index (χ0n) is 11.0. The van der Waals surface area contributed by atoms with Gasteiger partial charge in [-0.1, -0.05) is 44.0 Å². The average molecular weight is 410 g/mol. The van der Waals surface area contributed by atoms with Gasteiger partial charge in [-0.3, -0.25) is 4.79 Å². The van der Waals surface area contributed by atoms with Gasteiger partial charge in [0.15, 0.2) is 5.82 Å². The Kier molecular flexibility index (Phi) is 3.82. The van der Waals surface area contributed by atoms with E-state index in [2.05, 4.69) is 36.8 Å². The van der Waals surface area contributed by atoms with Crippen molar-refractivity contribution in [3.8, 4) is 11.4 Å². The van der Waals surface area contributed by atoms with Crippen molar-refractivity contribution < 1.29 is 4.84 Å². The van der Waals surface area contributed by atoms with Crippen molar-refractivity contribution in [1.82, 2.24) is 9.71 Å². The summed E-state index contributed by atoms with van der Waals surface area (Å²) in [5.41, 5.74) is 1.20. The number of fused-ring (bicyclic) bond motifs is 1. The van der Waals surface area contributed by atoms with Crippen LogP contribution in [0.4, 0.5) is 0 Å². The van der Waals surface area contributed by atoms with Gasteiger partial charge in [-0.25, -0.2) is 4.98 Å². The van der Waals surface area contributed by atoms with Crippen LogP contribution >= 0.6 is 31.9 Å². The van der Waals surface area contributed by atoms with Crippen molar-refractivity contribution in [3.63, 3.8) is 0 Å². The van der Waals surface area contributed by atoms with Crippen LogP contribution in [-0.2, 0) is 0 Å². The summed E-state index contributed by atoms with van der Waals surface area (Å²) in [5.74, 6) is 0.473. The molecule has 0 N–H and O–H groups in total. The molecule has 0 aliphatic heterocycles. The van der Waals surface area contributed by atoms with Crippen molar-refractivity contribution in [3.05, 3.63) is 61.8 Å². The Morgan fingerprint density at radius 1 is 1.05 bits per heavy atom. The van der Waals surface area contributed by atoms with Gasteiger partial charge in [0, 0.05) is 14.5 Å². The summed E-state index contributed by atoms with van der Waals surface area (Å²) >= 11 is 6.79. The molecule has 0 fully saturated rings. The van der Waals surface area contributed by atoms with E-state index in [1.807, 2.05) is 36.4 Å². The first-order chi connectivity index (χ1) is 10.1. The Morgan fingerprint density at radius 3 is 2.38 bits per heavy atom. The third kappa shape index (κ3) is 2.61. The number of hydrogen-bond donors (Lipinski definition) is 0. The standard InChI is InChI=1S/C15H10Br2N2O2/c1-21-19-14(9-2-4-10(16)5-3-9)18-13-8-11(17)6-7-12(13)15(19)20/h2-8H,1H3. The van der Waals surface area contributed by atoms with E-state index in [0.29, 0.717) is 16.7 Å². The van der Waals surface area contributed by atoms with Crippen molar-refractivity contribution in [1.29, 1.82) is 0 Å². The Bertz CT molecular complexity index is 873. The summed E-state index contributed by atoms with van der Waals surface area (Å²) in [6, 6.07) is 12.9. The SMILES string of the molecule is COn1c(-c2ccc(Br)cc2)nc2cc(Br)ccc2c1=O. The molecule has 21 heavy (non-hydrogen) atoms. The molecule has 0 unspecified atom stereocenters. The van der Waals surface area contributed by atoms with Crippen LogP contribution in [0, 0.1) is 0 Å². The maximum Gasteiger partial charge on any atom is 0.294 e. The lowest BCUT2D eigenvalue weighted by Gasteiger charge is -2.11. The number of aromatic nitrogens is 2. The van der Waals surface area contributed by atoms with Crippen LogP contribution in [0.2, 0.25) is 0 Å². The Hall–Kier alpha value is -1.66. The molecule has 1 aromatic heterocycles. The van der Waals surface area contributed by atoms with Crippen LogP contribution in [0.25, 0.3) is 22.3 Å². The minimum atomic E-state index is -0.229. The van der Waals surface area contributed by atoms with Gasteiger partial charge in [-0.2, -0.15) is 0 Å². The van der Waals surface area contributed by atoms with Gasteiger partial charge in [0.1, 0.15) is 7.11 Å². The molecule has 2 aromatic carbocycles. The van der Waals surface area contributed by atoms with Crippen LogP contribution in [0.1, 0.15) is 0 Å². The molecule has 0 saturated heterocycles. The Balaban J connectivity index is 2.35. The molecule has 6 heteroatoms. The number of hydrogen-bond acceptors (Lipinski definition) is 3. The van der Waals surface area contributed by atoms with E-state index < -0.39 is 0 Å². The van der Waals surface area contributed by atoms with Crippen molar-refractivity contribution in [2.75, 3.05) is 7.11 Å². The smallest absolute Gasteiger partial charge is 0.294 e. The molecule has 3 aromatic rings. The molecular formula is C15H10Br2N2O2. The molecule has 0 atom stereocenters. The fourth-order valence-corrected chi connectivity index (χ4v) is 2.71. The molecule has 1 heterocycles. The molecule has 0 bridgehead atoms. The lowest BCUT2D eigenvalue weighted by atomic mass is 10.2. The zero-order valence-corrected chi connectivity index (χ0v) is 14.2. The van der Waals surface area contributed by atoms with Crippen molar-refractivity contribution >= 4 is 42.8 Å². The van der Waals surface area contributed by atoms with E-state index in [9.17, 15) is 4.79 Å². The highest BCUT2D eigenvalue weighted by Gasteiger charge is 2.13. The van der Waals surface area contributed by atoms with Crippen LogP contribution < -0.4 is 10.4 Å². The van der Waals surface area contributed by atoms with E-state index in [1.165, 1.54) is 11.8 Å². The van der Waals surface area contributed by atoms with E-state index in [-0.39, 0.29) is 5.56 Å². The largest absolute Gasteiger partial charge is 0.412 e. The van der Waals surface area contributed by atoms with Gasteiger partial charge in [-0.05, 0) is 30.3 Å². The van der Waals surface area contributed by atoms with E-state index in [4.69, 9.17) is 4.84 Å². The van der Waals surface area contributed by atoms with Gasteiger partial charge < -0.3 is 4.84 Å². The normalized spacial score (nSPS) is 10.8. The summed E-state index contributed by atoms with van der Waals surface area (Å²) in [4.78, 5) is 22.3. The first-order valence-electron chi connectivity index (χ1n) is 6.13. The minimum Gasteiger partial charge on any atom is -0.412 e. The minimum absolute atomic E-state index is 0.229. The second-order valence-corrected chi connectivity index (χ2v) is 6.22. The summed E-state index contributed by atoms with van der Waals surface area (Å²) in [7, 11) is 1.45. The monoisotopic (exact) mass is 408 g/mol. The van der Waals surface area contributed by atoms with E-state index in [0.717, 1.165) is 14.5 Å². The first-order valence-corrected chi connectivity index (χ1v) is 7.71. The highest BCUT2D eigenvalue weighted by molar-refractivity contribution is 9.10. The van der Waals surface area contributed by atoms with Crippen molar-refractivity contribution in [2.24, 2.45) is 0 Å². The Labute approximate surface area is 137 Å². The highest BCUT2D eigenvalue weighted by Crippen LogP contribution is 2.22. The predicted octanol–water partition coefficient (Wildman–Crippen LogP) is 3.65. The van der Waals surface area contributed by atoms with Gasteiger partial charge in [0.2, 0.25) is 0 Å². The molecule has 0 spiro atoms. The fraction of sp³-hybridized carbons (Fsp3) is 0.0667. The highest BCUT2D eigenvalue weighted by atomic mass is 79.9. The molecule has 3 rings (SSSR count). The summed E-state index contributed by atoms with van der Waals surface area (Å²) in [6.45, 7) is 0. The van der Waals surface area contributed by atoms with Crippen molar-refractivity contribution in [2.45, 2.75) is 0 Å². The lowest BCUT2D eigenvalue weighted by molar-refractivity contribution is 0.160. The van der Waals surface area contributed by atoms with Gasteiger partial charge in [0.25, 0.3) is 5.56 Å². The maximum atomic E-state index is 12.5. The molecule has 106 valence electrons. The third-order valence-electron chi connectivity index (χ3n) is 3.08. The summed E-state index contributed by atoms with van der Waals surface area (Å²) < 4.78 is 3.04. The average Bonchev–Trinajstić information content (AvgIpc) is 2.47. The number of rotatable bonds is 2. The third-order valence-corrected chi connectivity index (χ3v) is 4.10.